The fourth-order valence-electron chi connectivity index (χ4n) is 2.30. The zero-order chi connectivity index (χ0) is 14.3. The summed E-state index contributed by atoms with van der Waals surface area (Å²) in [4.78, 5) is 4.53. The Labute approximate surface area is 129 Å². The standard InChI is InChI=1S/C15H11BrClFN2/c1-9-3-2-4-12-15(9)19-14(8-17)20(12)13-7-10(16)5-6-11(13)18/h2-7H,8H2,1H3. The van der Waals surface area contributed by atoms with Crippen LogP contribution in [0, 0.1) is 12.7 Å². The number of fused-ring (bicyclic) bond motifs is 1. The van der Waals surface area contributed by atoms with E-state index in [4.69, 9.17) is 11.6 Å². The van der Waals surface area contributed by atoms with Crippen LogP contribution in [0.1, 0.15) is 11.4 Å². The van der Waals surface area contributed by atoms with Gasteiger partial charge in [-0.15, -0.1) is 11.6 Å². The summed E-state index contributed by atoms with van der Waals surface area (Å²) in [5.41, 5.74) is 3.20. The molecule has 20 heavy (non-hydrogen) atoms. The van der Waals surface area contributed by atoms with Gasteiger partial charge in [0.15, 0.2) is 0 Å². The molecular weight excluding hydrogens is 343 g/mol. The molecule has 0 bridgehead atoms. The Morgan fingerprint density at radius 3 is 2.85 bits per heavy atom. The van der Waals surface area contributed by atoms with Crippen molar-refractivity contribution in [2.45, 2.75) is 12.8 Å². The molecule has 3 aromatic rings. The van der Waals surface area contributed by atoms with Crippen LogP contribution in [-0.4, -0.2) is 9.55 Å². The summed E-state index contributed by atoms with van der Waals surface area (Å²) in [5.74, 6) is 0.549. The zero-order valence-corrected chi connectivity index (χ0v) is 13.0. The molecule has 0 amide bonds. The van der Waals surface area contributed by atoms with Gasteiger partial charge >= 0.3 is 0 Å². The molecule has 1 aromatic heterocycles. The molecule has 0 N–H and O–H groups in total. The van der Waals surface area contributed by atoms with Crippen LogP contribution < -0.4 is 0 Å². The van der Waals surface area contributed by atoms with E-state index in [0.29, 0.717) is 11.5 Å². The van der Waals surface area contributed by atoms with Crippen LogP contribution in [0.25, 0.3) is 16.7 Å². The highest BCUT2D eigenvalue weighted by Gasteiger charge is 2.16. The lowest BCUT2D eigenvalue weighted by Crippen LogP contribution is -2.02. The van der Waals surface area contributed by atoms with Crippen molar-refractivity contribution >= 4 is 38.6 Å². The lowest BCUT2D eigenvalue weighted by Gasteiger charge is -2.09. The van der Waals surface area contributed by atoms with Crippen molar-refractivity contribution in [3.05, 3.63) is 58.1 Å². The molecule has 102 valence electrons. The second-order valence-electron chi connectivity index (χ2n) is 4.54. The van der Waals surface area contributed by atoms with Crippen LogP contribution in [0.15, 0.2) is 40.9 Å². The first-order valence-electron chi connectivity index (χ1n) is 6.10. The Morgan fingerprint density at radius 1 is 1.30 bits per heavy atom. The zero-order valence-electron chi connectivity index (χ0n) is 10.7. The summed E-state index contributed by atoms with van der Waals surface area (Å²) >= 11 is 9.35. The maximum absolute atomic E-state index is 14.2. The molecule has 0 fully saturated rings. The minimum absolute atomic E-state index is 0.222. The van der Waals surface area contributed by atoms with Crippen LogP contribution in [-0.2, 0) is 5.88 Å². The number of imidazole rings is 1. The summed E-state index contributed by atoms with van der Waals surface area (Å²) < 4.78 is 16.7. The van der Waals surface area contributed by atoms with E-state index < -0.39 is 0 Å². The normalized spacial score (nSPS) is 11.2. The second-order valence-corrected chi connectivity index (χ2v) is 5.72. The monoisotopic (exact) mass is 352 g/mol. The molecule has 2 aromatic carbocycles. The molecule has 0 spiro atoms. The largest absolute Gasteiger partial charge is 0.292 e. The van der Waals surface area contributed by atoms with Gasteiger partial charge in [0.1, 0.15) is 11.6 Å². The summed E-state index contributed by atoms with van der Waals surface area (Å²) in [6.07, 6.45) is 0. The number of benzene rings is 2. The number of hydrogen-bond acceptors (Lipinski definition) is 1. The van der Waals surface area contributed by atoms with E-state index in [0.717, 1.165) is 21.1 Å². The highest BCUT2D eigenvalue weighted by atomic mass is 79.9. The highest BCUT2D eigenvalue weighted by molar-refractivity contribution is 9.10. The van der Waals surface area contributed by atoms with Gasteiger partial charge in [0.05, 0.1) is 22.6 Å². The Kier molecular flexibility index (Phi) is 3.52. The Bertz CT molecular complexity index is 798. The van der Waals surface area contributed by atoms with Crippen molar-refractivity contribution in [2.75, 3.05) is 0 Å². The number of halogens is 3. The fourth-order valence-corrected chi connectivity index (χ4v) is 2.83. The minimum Gasteiger partial charge on any atom is -0.292 e. The summed E-state index contributed by atoms with van der Waals surface area (Å²) in [6.45, 7) is 1.98. The molecule has 1 heterocycles. The van der Waals surface area contributed by atoms with Crippen molar-refractivity contribution in [3.63, 3.8) is 0 Å². The van der Waals surface area contributed by atoms with Crippen LogP contribution >= 0.6 is 27.5 Å². The smallest absolute Gasteiger partial charge is 0.147 e. The lowest BCUT2D eigenvalue weighted by molar-refractivity contribution is 0.617. The van der Waals surface area contributed by atoms with Crippen molar-refractivity contribution in [1.29, 1.82) is 0 Å². The number of alkyl halides is 1. The van der Waals surface area contributed by atoms with E-state index in [1.54, 1.807) is 16.7 Å². The number of para-hydroxylation sites is 1. The average Bonchev–Trinajstić information content (AvgIpc) is 2.81. The van der Waals surface area contributed by atoms with Gasteiger partial charge in [-0.2, -0.15) is 0 Å². The molecule has 0 aliphatic rings. The Morgan fingerprint density at radius 2 is 2.10 bits per heavy atom. The first-order chi connectivity index (χ1) is 9.61. The molecule has 0 radical (unpaired) electrons. The van der Waals surface area contributed by atoms with Crippen LogP contribution in [0.3, 0.4) is 0 Å². The highest BCUT2D eigenvalue weighted by Crippen LogP contribution is 2.28. The lowest BCUT2D eigenvalue weighted by atomic mass is 10.2. The summed E-state index contributed by atoms with van der Waals surface area (Å²) in [5, 5.41) is 0. The van der Waals surface area contributed by atoms with E-state index in [-0.39, 0.29) is 11.7 Å². The number of aryl methyl sites for hydroxylation is 1. The molecule has 5 heteroatoms. The second kappa shape index (κ2) is 5.19. The number of rotatable bonds is 2. The van der Waals surface area contributed by atoms with E-state index >= 15 is 0 Å². The topological polar surface area (TPSA) is 17.8 Å². The number of aromatic nitrogens is 2. The maximum atomic E-state index is 14.2. The Balaban J connectivity index is 2.40. The molecule has 0 unspecified atom stereocenters. The van der Waals surface area contributed by atoms with E-state index in [9.17, 15) is 4.39 Å². The van der Waals surface area contributed by atoms with E-state index in [2.05, 4.69) is 20.9 Å². The van der Waals surface area contributed by atoms with Crippen molar-refractivity contribution in [1.82, 2.24) is 9.55 Å². The molecule has 0 atom stereocenters. The molecule has 0 saturated carbocycles. The first-order valence-corrected chi connectivity index (χ1v) is 7.43. The third-order valence-corrected chi connectivity index (χ3v) is 3.96. The third kappa shape index (κ3) is 2.13. The van der Waals surface area contributed by atoms with Gasteiger partial charge in [0, 0.05) is 4.47 Å². The van der Waals surface area contributed by atoms with Crippen LogP contribution in [0.4, 0.5) is 4.39 Å². The van der Waals surface area contributed by atoms with Crippen LogP contribution in [0.5, 0.6) is 0 Å². The van der Waals surface area contributed by atoms with Gasteiger partial charge in [-0.25, -0.2) is 9.37 Å². The summed E-state index contributed by atoms with van der Waals surface area (Å²) in [7, 11) is 0. The predicted molar refractivity (Wildman–Crippen MR) is 83.0 cm³/mol. The molecule has 0 saturated heterocycles. The first kappa shape index (κ1) is 13.6. The Hall–Kier alpha value is -1.39. The van der Waals surface area contributed by atoms with Crippen molar-refractivity contribution < 1.29 is 4.39 Å². The van der Waals surface area contributed by atoms with Gasteiger partial charge in [0.2, 0.25) is 0 Å². The van der Waals surface area contributed by atoms with Gasteiger partial charge in [-0.1, -0.05) is 28.1 Å². The fraction of sp³-hybridized carbons (Fsp3) is 0.133. The maximum Gasteiger partial charge on any atom is 0.147 e. The van der Waals surface area contributed by atoms with Gasteiger partial charge in [0.25, 0.3) is 0 Å². The molecule has 3 rings (SSSR count). The minimum atomic E-state index is -0.305. The summed E-state index contributed by atoms with van der Waals surface area (Å²) in [6, 6.07) is 10.7. The molecule has 2 nitrogen and oxygen atoms in total. The number of nitrogens with zero attached hydrogens (tertiary/aromatic N) is 2. The third-order valence-electron chi connectivity index (χ3n) is 3.22. The van der Waals surface area contributed by atoms with Crippen LogP contribution in [0.2, 0.25) is 0 Å². The van der Waals surface area contributed by atoms with Crippen molar-refractivity contribution in [2.24, 2.45) is 0 Å². The SMILES string of the molecule is Cc1cccc2c1nc(CCl)n2-c1cc(Br)ccc1F. The molecule has 0 aliphatic heterocycles. The van der Waals surface area contributed by atoms with Gasteiger partial charge in [-0.05, 0) is 36.8 Å². The van der Waals surface area contributed by atoms with Crippen molar-refractivity contribution in [3.8, 4) is 5.69 Å². The predicted octanol–water partition coefficient (Wildman–Crippen LogP) is 4.97. The van der Waals surface area contributed by atoms with E-state index in [1.807, 2.05) is 25.1 Å². The average molecular weight is 354 g/mol. The van der Waals surface area contributed by atoms with E-state index in [1.165, 1.54) is 6.07 Å². The molecular formula is C15H11BrClFN2. The molecule has 0 aliphatic carbocycles. The van der Waals surface area contributed by atoms with Gasteiger partial charge < -0.3 is 0 Å². The number of hydrogen-bond donors (Lipinski definition) is 0. The quantitative estimate of drug-likeness (QED) is 0.594. The van der Waals surface area contributed by atoms with Gasteiger partial charge in [-0.3, -0.25) is 4.57 Å².